The molecule has 0 saturated heterocycles. The Hall–Kier alpha value is -1.35. The molecule has 0 aliphatic carbocycles. The van der Waals surface area contributed by atoms with Crippen LogP contribution in [0.5, 0.6) is 0 Å². The van der Waals surface area contributed by atoms with Crippen LogP contribution < -0.4 is 5.32 Å². The molecule has 3 nitrogen and oxygen atoms in total. The number of carbonyl (C=O) groups is 1. The van der Waals surface area contributed by atoms with E-state index in [9.17, 15) is 9.90 Å². The minimum atomic E-state index is -0.397. The summed E-state index contributed by atoms with van der Waals surface area (Å²) in [7, 11) is 0. The van der Waals surface area contributed by atoms with Gasteiger partial charge < -0.3 is 10.4 Å². The van der Waals surface area contributed by atoms with Crippen LogP contribution in [-0.2, 0) is 11.2 Å². The van der Waals surface area contributed by atoms with Crippen molar-refractivity contribution in [1.29, 1.82) is 0 Å². The fourth-order valence-electron chi connectivity index (χ4n) is 1.85. The van der Waals surface area contributed by atoms with Crippen molar-refractivity contribution in [2.24, 2.45) is 5.41 Å². The molecule has 0 saturated carbocycles. The average molecular weight is 263 g/mol. The molecule has 106 valence electrons. The number of rotatable bonds is 5. The Bertz CT molecular complexity index is 421. The SMILES string of the molecule is Cc1cccc(CC(=O)NCC[C@H](O)C(C)(C)C)c1. The van der Waals surface area contributed by atoms with Crippen LogP contribution in [0.4, 0.5) is 0 Å². The number of aryl methyl sites for hydroxylation is 1. The van der Waals surface area contributed by atoms with Gasteiger partial charge in [-0.2, -0.15) is 0 Å². The fraction of sp³-hybridized carbons (Fsp3) is 0.562. The summed E-state index contributed by atoms with van der Waals surface area (Å²) in [4.78, 5) is 11.8. The van der Waals surface area contributed by atoms with E-state index in [4.69, 9.17) is 0 Å². The first kappa shape index (κ1) is 15.7. The number of hydrogen-bond donors (Lipinski definition) is 2. The van der Waals surface area contributed by atoms with Crippen molar-refractivity contribution in [2.75, 3.05) is 6.54 Å². The minimum absolute atomic E-state index is 0.00621. The first-order valence-electron chi connectivity index (χ1n) is 6.79. The van der Waals surface area contributed by atoms with Gasteiger partial charge in [-0.05, 0) is 24.3 Å². The summed E-state index contributed by atoms with van der Waals surface area (Å²) in [6.45, 7) is 8.51. The van der Waals surface area contributed by atoms with Crippen molar-refractivity contribution < 1.29 is 9.90 Å². The third-order valence-corrected chi connectivity index (χ3v) is 3.19. The van der Waals surface area contributed by atoms with Crippen molar-refractivity contribution in [1.82, 2.24) is 5.32 Å². The number of amides is 1. The summed E-state index contributed by atoms with van der Waals surface area (Å²) in [5.41, 5.74) is 2.05. The molecule has 1 aromatic carbocycles. The number of nitrogens with one attached hydrogen (secondary N) is 1. The molecule has 1 rings (SSSR count). The number of benzene rings is 1. The predicted molar refractivity (Wildman–Crippen MR) is 78.0 cm³/mol. The first-order chi connectivity index (χ1) is 8.79. The molecule has 0 radical (unpaired) electrons. The Kier molecular flexibility index (Phi) is 5.55. The zero-order valence-electron chi connectivity index (χ0n) is 12.4. The second kappa shape index (κ2) is 6.71. The van der Waals surface area contributed by atoms with Crippen LogP contribution in [0.25, 0.3) is 0 Å². The van der Waals surface area contributed by atoms with E-state index >= 15 is 0 Å². The van der Waals surface area contributed by atoms with E-state index in [2.05, 4.69) is 5.32 Å². The molecule has 1 aromatic rings. The molecule has 0 unspecified atom stereocenters. The van der Waals surface area contributed by atoms with Crippen molar-refractivity contribution in [3.8, 4) is 0 Å². The molecule has 2 N–H and O–H groups in total. The second-order valence-corrected chi connectivity index (χ2v) is 6.19. The lowest BCUT2D eigenvalue weighted by molar-refractivity contribution is -0.120. The van der Waals surface area contributed by atoms with Crippen LogP contribution in [-0.4, -0.2) is 23.7 Å². The molecule has 0 aromatic heterocycles. The van der Waals surface area contributed by atoms with E-state index in [-0.39, 0.29) is 11.3 Å². The summed E-state index contributed by atoms with van der Waals surface area (Å²) >= 11 is 0. The average Bonchev–Trinajstić information content (AvgIpc) is 2.27. The lowest BCUT2D eigenvalue weighted by Crippen LogP contribution is -2.33. The van der Waals surface area contributed by atoms with Gasteiger partial charge in [0.05, 0.1) is 12.5 Å². The van der Waals surface area contributed by atoms with E-state index < -0.39 is 6.10 Å². The van der Waals surface area contributed by atoms with Gasteiger partial charge in [0.15, 0.2) is 0 Å². The highest BCUT2D eigenvalue weighted by atomic mass is 16.3. The van der Waals surface area contributed by atoms with E-state index in [1.807, 2.05) is 52.0 Å². The quantitative estimate of drug-likeness (QED) is 0.857. The molecule has 1 atom stereocenters. The molecule has 0 aliphatic heterocycles. The zero-order chi connectivity index (χ0) is 14.5. The van der Waals surface area contributed by atoms with E-state index in [0.717, 1.165) is 11.1 Å². The topological polar surface area (TPSA) is 49.3 Å². The Morgan fingerprint density at radius 2 is 2.05 bits per heavy atom. The Morgan fingerprint density at radius 3 is 2.63 bits per heavy atom. The van der Waals surface area contributed by atoms with E-state index in [0.29, 0.717) is 19.4 Å². The molecular formula is C16H25NO2. The van der Waals surface area contributed by atoms with E-state index in [1.165, 1.54) is 0 Å². The summed E-state index contributed by atoms with van der Waals surface area (Å²) in [5, 5.41) is 12.7. The van der Waals surface area contributed by atoms with Gasteiger partial charge in [-0.25, -0.2) is 0 Å². The second-order valence-electron chi connectivity index (χ2n) is 6.19. The Labute approximate surface area is 116 Å². The highest BCUT2D eigenvalue weighted by molar-refractivity contribution is 5.78. The zero-order valence-corrected chi connectivity index (χ0v) is 12.4. The van der Waals surface area contributed by atoms with Gasteiger partial charge in [0.2, 0.25) is 5.91 Å². The summed E-state index contributed by atoms with van der Waals surface area (Å²) in [5.74, 6) is 0.00621. The molecule has 19 heavy (non-hydrogen) atoms. The number of carbonyl (C=O) groups excluding carboxylic acids is 1. The lowest BCUT2D eigenvalue weighted by Gasteiger charge is -2.25. The predicted octanol–water partition coefficient (Wildman–Crippen LogP) is 2.45. The van der Waals surface area contributed by atoms with Crippen LogP contribution in [0.1, 0.15) is 38.3 Å². The summed E-state index contributed by atoms with van der Waals surface area (Å²) < 4.78 is 0. The summed E-state index contributed by atoms with van der Waals surface area (Å²) in [6.07, 6.45) is 0.586. The van der Waals surface area contributed by atoms with Crippen LogP contribution >= 0.6 is 0 Å². The molecule has 0 fully saturated rings. The highest BCUT2D eigenvalue weighted by Gasteiger charge is 2.21. The maximum atomic E-state index is 11.8. The van der Waals surface area contributed by atoms with Gasteiger partial charge in [0.1, 0.15) is 0 Å². The van der Waals surface area contributed by atoms with Gasteiger partial charge in [-0.3, -0.25) is 4.79 Å². The smallest absolute Gasteiger partial charge is 0.224 e. The van der Waals surface area contributed by atoms with Gasteiger partial charge in [0, 0.05) is 6.54 Å². The standard InChI is InChI=1S/C16H25NO2/c1-12-6-5-7-13(10-12)11-15(19)17-9-8-14(18)16(2,3)4/h5-7,10,14,18H,8-9,11H2,1-4H3,(H,17,19)/t14-/m0/s1. The van der Waals surface area contributed by atoms with Crippen molar-refractivity contribution in [3.05, 3.63) is 35.4 Å². The maximum Gasteiger partial charge on any atom is 0.224 e. The normalized spacial score (nSPS) is 13.1. The molecule has 3 heteroatoms. The Balaban J connectivity index is 2.33. The third kappa shape index (κ3) is 5.88. The van der Waals surface area contributed by atoms with Crippen LogP contribution in [0.15, 0.2) is 24.3 Å². The molecule has 1 amide bonds. The van der Waals surface area contributed by atoms with Crippen molar-refractivity contribution in [2.45, 2.75) is 46.6 Å². The largest absolute Gasteiger partial charge is 0.393 e. The third-order valence-electron chi connectivity index (χ3n) is 3.19. The van der Waals surface area contributed by atoms with E-state index in [1.54, 1.807) is 0 Å². The van der Waals surface area contributed by atoms with Gasteiger partial charge in [-0.1, -0.05) is 50.6 Å². The van der Waals surface area contributed by atoms with Crippen molar-refractivity contribution >= 4 is 5.91 Å². The van der Waals surface area contributed by atoms with Crippen LogP contribution in [0.2, 0.25) is 0 Å². The number of aliphatic hydroxyl groups is 1. The van der Waals surface area contributed by atoms with Gasteiger partial charge in [0.25, 0.3) is 0 Å². The minimum Gasteiger partial charge on any atom is -0.393 e. The molecule has 0 bridgehead atoms. The van der Waals surface area contributed by atoms with Gasteiger partial charge in [-0.15, -0.1) is 0 Å². The molecule has 0 heterocycles. The maximum absolute atomic E-state index is 11.8. The fourth-order valence-corrected chi connectivity index (χ4v) is 1.85. The van der Waals surface area contributed by atoms with Gasteiger partial charge >= 0.3 is 0 Å². The Morgan fingerprint density at radius 1 is 1.37 bits per heavy atom. The lowest BCUT2D eigenvalue weighted by atomic mass is 9.87. The number of hydrogen-bond acceptors (Lipinski definition) is 2. The monoisotopic (exact) mass is 263 g/mol. The highest BCUT2D eigenvalue weighted by Crippen LogP contribution is 2.20. The number of aliphatic hydroxyl groups excluding tert-OH is 1. The van der Waals surface area contributed by atoms with Crippen LogP contribution in [0, 0.1) is 12.3 Å². The molecule has 0 aliphatic rings. The van der Waals surface area contributed by atoms with Crippen LogP contribution in [0.3, 0.4) is 0 Å². The molecular weight excluding hydrogens is 238 g/mol. The molecule has 0 spiro atoms. The first-order valence-corrected chi connectivity index (χ1v) is 6.79. The van der Waals surface area contributed by atoms with Crippen molar-refractivity contribution in [3.63, 3.8) is 0 Å². The summed E-state index contributed by atoms with van der Waals surface area (Å²) in [6, 6.07) is 7.95.